The molecule has 2 aromatic rings. The number of nitrogens with zero attached hydrogens (tertiary/aromatic N) is 2. The molecule has 3 atom stereocenters. The number of carbonyl (C=O) groups is 2. The van der Waals surface area contributed by atoms with Crippen LogP contribution in [0, 0.1) is 11.2 Å². The van der Waals surface area contributed by atoms with Gasteiger partial charge in [-0.25, -0.2) is 4.39 Å². The van der Waals surface area contributed by atoms with E-state index < -0.39 is 35.8 Å². The van der Waals surface area contributed by atoms with Crippen molar-refractivity contribution in [3.8, 4) is 11.1 Å². The molecule has 1 heterocycles. The van der Waals surface area contributed by atoms with E-state index in [-0.39, 0.29) is 37.5 Å². The molecule has 1 aliphatic carbocycles. The van der Waals surface area contributed by atoms with Gasteiger partial charge in [0.2, 0.25) is 5.91 Å². The number of hydrogen-bond acceptors (Lipinski definition) is 4. The first-order chi connectivity index (χ1) is 18.0. The molecule has 2 aromatic carbocycles. The van der Waals surface area contributed by atoms with E-state index in [1.54, 1.807) is 32.3 Å². The average Bonchev–Trinajstić information content (AvgIpc) is 3.22. The molecule has 4 rings (SSSR count). The van der Waals surface area contributed by atoms with Gasteiger partial charge in [0.25, 0.3) is 5.91 Å². The number of nitrogens with one attached hydrogen (secondary N) is 1. The largest absolute Gasteiger partial charge is 0.403 e. The number of hydrogen-bond donors (Lipinski definition) is 1. The lowest BCUT2D eigenvalue weighted by Gasteiger charge is -2.45. The number of likely N-dealkylation sites (tertiary alicyclic amines) is 1. The van der Waals surface area contributed by atoms with Gasteiger partial charge in [-0.15, -0.1) is 0 Å². The van der Waals surface area contributed by atoms with Gasteiger partial charge in [-0.05, 0) is 54.5 Å². The molecule has 1 saturated heterocycles. The van der Waals surface area contributed by atoms with Gasteiger partial charge in [0, 0.05) is 33.8 Å². The van der Waals surface area contributed by atoms with Gasteiger partial charge < -0.3 is 14.5 Å². The van der Waals surface area contributed by atoms with Crippen molar-refractivity contribution < 1.29 is 31.9 Å². The van der Waals surface area contributed by atoms with Crippen molar-refractivity contribution in [1.82, 2.24) is 15.1 Å². The zero-order valence-corrected chi connectivity index (χ0v) is 21.7. The summed E-state index contributed by atoms with van der Waals surface area (Å²) in [5.41, 5.74) is -0.150. The molecule has 1 aliphatic heterocycles. The molecular formula is C28H33F4N3O3. The molecule has 10 heteroatoms. The number of alkyl halides is 3. The third-order valence-corrected chi connectivity index (χ3v) is 7.76. The SMILES string of the molecule is COC(N[C@H]1CCN(C(=O)C2(C(F)(F)F)CCC2)[C@H]1Cc1cccc(-c2cccc(F)c2)c1)C(=O)N(C)C. The molecule has 1 saturated carbocycles. The zero-order valence-electron chi connectivity index (χ0n) is 21.7. The minimum absolute atomic E-state index is 0.134. The molecule has 2 amide bonds. The van der Waals surface area contributed by atoms with Crippen LogP contribution >= 0.6 is 0 Å². The highest BCUT2D eigenvalue weighted by atomic mass is 19.4. The minimum Gasteiger partial charge on any atom is -0.357 e. The van der Waals surface area contributed by atoms with Gasteiger partial charge in [-0.2, -0.15) is 13.2 Å². The highest BCUT2D eigenvalue weighted by Crippen LogP contribution is 2.54. The standard InChI is InChI=1S/C28H33F4N3O3/c1-34(2)25(36)24(38-3)33-22-11-14-35(26(37)27(12-6-13-27)28(30,31)32)23(22)16-18-7-4-8-19(15-18)20-9-5-10-21(29)17-20/h4-5,7-10,15,17,22-24,33H,6,11-14,16H2,1-3H3/t22-,23-,24?/m0/s1. The van der Waals surface area contributed by atoms with Crippen LogP contribution in [0.25, 0.3) is 11.1 Å². The second-order valence-electron chi connectivity index (χ2n) is 10.3. The Morgan fingerprint density at radius 3 is 2.34 bits per heavy atom. The maximum Gasteiger partial charge on any atom is 0.403 e. The quantitative estimate of drug-likeness (QED) is 0.403. The van der Waals surface area contributed by atoms with Crippen molar-refractivity contribution in [3.05, 3.63) is 59.9 Å². The molecule has 38 heavy (non-hydrogen) atoms. The van der Waals surface area contributed by atoms with Crippen molar-refractivity contribution in [2.75, 3.05) is 27.7 Å². The number of benzene rings is 2. The maximum absolute atomic E-state index is 14.1. The molecule has 1 unspecified atom stereocenters. The van der Waals surface area contributed by atoms with Crippen molar-refractivity contribution >= 4 is 11.8 Å². The average molecular weight is 536 g/mol. The summed E-state index contributed by atoms with van der Waals surface area (Å²) in [6.07, 6.45) is -5.10. The maximum atomic E-state index is 14.1. The highest BCUT2D eigenvalue weighted by Gasteiger charge is 2.65. The fourth-order valence-corrected chi connectivity index (χ4v) is 5.43. The fraction of sp³-hybridized carbons (Fsp3) is 0.500. The van der Waals surface area contributed by atoms with E-state index in [0.29, 0.717) is 18.4 Å². The van der Waals surface area contributed by atoms with Crippen LogP contribution in [0.1, 0.15) is 31.2 Å². The van der Waals surface area contributed by atoms with Crippen LogP contribution in [0.4, 0.5) is 17.6 Å². The fourth-order valence-electron chi connectivity index (χ4n) is 5.43. The number of methoxy groups -OCH3 is 1. The summed E-state index contributed by atoms with van der Waals surface area (Å²) in [5.74, 6) is -1.62. The lowest BCUT2D eigenvalue weighted by atomic mass is 9.67. The Bertz CT molecular complexity index is 1170. The van der Waals surface area contributed by atoms with Gasteiger partial charge in [-0.1, -0.05) is 42.8 Å². The number of carbonyl (C=O) groups excluding carboxylic acids is 2. The highest BCUT2D eigenvalue weighted by molar-refractivity contribution is 5.85. The molecule has 0 spiro atoms. The first-order valence-corrected chi connectivity index (χ1v) is 12.7. The van der Waals surface area contributed by atoms with Crippen LogP contribution in [0.5, 0.6) is 0 Å². The first-order valence-electron chi connectivity index (χ1n) is 12.7. The zero-order chi connectivity index (χ0) is 27.7. The van der Waals surface area contributed by atoms with E-state index in [1.165, 1.54) is 29.0 Å². The monoisotopic (exact) mass is 535 g/mol. The van der Waals surface area contributed by atoms with Crippen LogP contribution in [0.15, 0.2) is 48.5 Å². The van der Waals surface area contributed by atoms with E-state index >= 15 is 0 Å². The molecular weight excluding hydrogens is 502 g/mol. The van der Waals surface area contributed by atoms with Crippen molar-refractivity contribution in [2.24, 2.45) is 5.41 Å². The Labute approximate surface area is 219 Å². The van der Waals surface area contributed by atoms with E-state index in [2.05, 4.69) is 5.32 Å². The predicted molar refractivity (Wildman–Crippen MR) is 134 cm³/mol. The third-order valence-electron chi connectivity index (χ3n) is 7.76. The smallest absolute Gasteiger partial charge is 0.357 e. The van der Waals surface area contributed by atoms with Crippen LogP contribution in [-0.4, -0.2) is 73.9 Å². The van der Waals surface area contributed by atoms with E-state index in [4.69, 9.17) is 4.74 Å². The number of halogens is 4. The summed E-state index contributed by atoms with van der Waals surface area (Å²) in [6.45, 7) is 0.134. The summed E-state index contributed by atoms with van der Waals surface area (Å²) >= 11 is 0. The Kier molecular flexibility index (Phi) is 8.13. The molecule has 2 aliphatic rings. The van der Waals surface area contributed by atoms with Crippen molar-refractivity contribution in [2.45, 2.75) is 56.6 Å². The lowest BCUT2D eigenvalue weighted by molar-refractivity contribution is -0.248. The lowest BCUT2D eigenvalue weighted by Crippen LogP contribution is -2.59. The Hall–Kier alpha value is -2.98. The summed E-state index contributed by atoms with van der Waals surface area (Å²) in [4.78, 5) is 28.8. The normalized spacial score (nSPS) is 21.6. The first kappa shape index (κ1) is 28.0. The predicted octanol–water partition coefficient (Wildman–Crippen LogP) is 4.39. The summed E-state index contributed by atoms with van der Waals surface area (Å²) in [5, 5.41) is 3.14. The molecule has 0 bridgehead atoms. The van der Waals surface area contributed by atoms with Crippen molar-refractivity contribution in [1.29, 1.82) is 0 Å². The van der Waals surface area contributed by atoms with Gasteiger partial charge >= 0.3 is 6.18 Å². The molecule has 2 fully saturated rings. The number of ether oxygens (including phenoxy) is 1. The van der Waals surface area contributed by atoms with E-state index in [9.17, 15) is 27.2 Å². The van der Waals surface area contributed by atoms with Gasteiger partial charge in [0.15, 0.2) is 6.23 Å². The van der Waals surface area contributed by atoms with Crippen LogP contribution in [-0.2, 0) is 20.7 Å². The molecule has 206 valence electrons. The summed E-state index contributed by atoms with van der Waals surface area (Å²) in [6, 6.07) is 12.3. The van der Waals surface area contributed by atoms with Crippen molar-refractivity contribution in [3.63, 3.8) is 0 Å². The molecule has 6 nitrogen and oxygen atoms in total. The Morgan fingerprint density at radius 2 is 1.79 bits per heavy atom. The van der Waals surface area contributed by atoms with Crippen LogP contribution < -0.4 is 5.32 Å². The summed E-state index contributed by atoms with van der Waals surface area (Å²) < 4.78 is 61.4. The second-order valence-corrected chi connectivity index (χ2v) is 10.3. The van der Waals surface area contributed by atoms with Crippen LogP contribution in [0.2, 0.25) is 0 Å². The van der Waals surface area contributed by atoms with Crippen LogP contribution in [0.3, 0.4) is 0 Å². The van der Waals surface area contributed by atoms with E-state index in [0.717, 1.165) is 11.1 Å². The van der Waals surface area contributed by atoms with E-state index in [1.807, 2.05) is 18.2 Å². The summed E-state index contributed by atoms with van der Waals surface area (Å²) in [7, 11) is 4.54. The number of rotatable bonds is 8. The molecule has 0 aromatic heterocycles. The second kappa shape index (κ2) is 11.0. The topological polar surface area (TPSA) is 61.9 Å². The molecule has 1 N–H and O–H groups in total. The number of likely N-dealkylation sites (N-methyl/N-ethyl adjacent to an activating group) is 1. The van der Waals surface area contributed by atoms with Gasteiger partial charge in [0.05, 0.1) is 6.04 Å². The minimum atomic E-state index is -4.63. The Morgan fingerprint density at radius 1 is 1.13 bits per heavy atom. The third kappa shape index (κ3) is 5.42. The number of amides is 2. The Balaban J connectivity index is 1.65. The molecule has 0 radical (unpaired) electrons. The van der Waals surface area contributed by atoms with Gasteiger partial charge in [-0.3, -0.25) is 14.9 Å². The van der Waals surface area contributed by atoms with Gasteiger partial charge in [0.1, 0.15) is 11.2 Å².